The Bertz CT molecular complexity index is 2960. The summed E-state index contributed by atoms with van der Waals surface area (Å²) in [5.74, 6) is -9.80. The standard InChI is InChI=1S/C63H98N18O13S/c1-37(2)33-45(57(89)74-41(53(68)85)27-32-95-3)73-52(84)36-72-54(86)46(34-38-15-6-4-7-16-38)78-58(90)47(35-39-17-8-5-9-18-39)79-56(88)42(23-25-50(66)82)75-55(87)43(24-26-51(67)83)76-59(91)49-22-14-31-81(49)62(94)44(20-10-11-28-64)77-60(92)48-21-13-30-80(48)61(93)40(65)19-12-29-71-63(69)70/h4-9,15-18,37,40-49H,10-14,19-36,64-65H2,1-3H3,(H2,66,82)(H2,67,83)(H2,68,85)(H,72,86)(H,73,84)(H,74,89)(H,75,87)(H,76,91)(H,77,92)(H,78,90)(H,79,88)(H4,69,70,71)/t40-,41-,42+,43+,44-,45-,46+,47+,48+,49+/m0/s1. The number of likely N-dealkylation sites (tertiary alicyclic amines) is 2. The molecule has 0 radical (unpaired) electrons. The van der Waals surface area contributed by atoms with Crippen molar-refractivity contribution in [2.75, 3.05) is 44.7 Å². The molecule has 2 saturated heterocycles. The number of aliphatic imine (C=N–C) groups is 1. The zero-order valence-electron chi connectivity index (χ0n) is 54.5. The Morgan fingerprint density at radius 2 is 1.01 bits per heavy atom. The minimum atomic E-state index is -1.64. The van der Waals surface area contributed by atoms with E-state index in [1.165, 1.54) is 21.6 Å². The maximum Gasteiger partial charge on any atom is 0.245 e. The van der Waals surface area contributed by atoms with Crippen molar-refractivity contribution in [3.63, 3.8) is 0 Å². The van der Waals surface area contributed by atoms with E-state index in [0.29, 0.717) is 55.4 Å². The van der Waals surface area contributed by atoms with Gasteiger partial charge in [0.2, 0.25) is 76.8 Å². The summed E-state index contributed by atoms with van der Waals surface area (Å²) in [6.07, 6.45) is 3.12. The minimum Gasteiger partial charge on any atom is -0.370 e. The molecule has 31 nitrogen and oxygen atoms in total. The number of rotatable bonds is 42. The van der Waals surface area contributed by atoms with E-state index >= 15 is 0 Å². The number of primary amides is 3. The molecule has 0 aromatic heterocycles. The van der Waals surface area contributed by atoms with Crippen molar-refractivity contribution in [1.29, 1.82) is 0 Å². The van der Waals surface area contributed by atoms with Crippen LogP contribution in [0.15, 0.2) is 65.7 Å². The van der Waals surface area contributed by atoms with Gasteiger partial charge in [0.1, 0.15) is 54.4 Å². The van der Waals surface area contributed by atoms with Gasteiger partial charge in [-0.1, -0.05) is 74.5 Å². The molecular formula is C63H98N18O13S. The maximum absolute atomic E-state index is 14.7. The first-order valence-electron chi connectivity index (χ1n) is 32.2. The topological polar surface area (TPSA) is 519 Å². The molecule has 10 atom stereocenters. The predicted octanol–water partition coefficient (Wildman–Crippen LogP) is -3.71. The van der Waals surface area contributed by atoms with Crippen LogP contribution >= 0.6 is 11.8 Å². The smallest absolute Gasteiger partial charge is 0.245 e. The molecule has 0 spiro atoms. The highest BCUT2D eigenvalue weighted by Gasteiger charge is 2.42. The van der Waals surface area contributed by atoms with Gasteiger partial charge in [0.25, 0.3) is 0 Å². The lowest BCUT2D eigenvalue weighted by atomic mass is 10.0. The predicted molar refractivity (Wildman–Crippen MR) is 356 cm³/mol. The Kier molecular flexibility index (Phi) is 33.9. The van der Waals surface area contributed by atoms with Gasteiger partial charge < -0.3 is 92.5 Å². The molecule has 4 rings (SSSR count). The zero-order chi connectivity index (χ0) is 70.1. The largest absolute Gasteiger partial charge is 0.370 e. The third-order valence-electron chi connectivity index (χ3n) is 16.0. The third kappa shape index (κ3) is 27.5. The van der Waals surface area contributed by atoms with Crippen LogP contribution in [0, 0.1) is 5.92 Å². The van der Waals surface area contributed by atoms with Crippen LogP contribution in [0.3, 0.4) is 0 Å². The van der Waals surface area contributed by atoms with Crippen LogP contribution in [0.4, 0.5) is 0 Å². The van der Waals surface area contributed by atoms with Crippen LogP contribution in [0.25, 0.3) is 0 Å². The molecule has 13 amide bonds. The van der Waals surface area contributed by atoms with Gasteiger partial charge in [-0.05, 0) is 119 Å². The van der Waals surface area contributed by atoms with Crippen molar-refractivity contribution in [1.82, 2.24) is 52.3 Å². The van der Waals surface area contributed by atoms with Gasteiger partial charge in [0.05, 0.1) is 12.6 Å². The van der Waals surface area contributed by atoms with Gasteiger partial charge in [0.15, 0.2) is 5.96 Å². The maximum atomic E-state index is 14.7. The van der Waals surface area contributed by atoms with Crippen LogP contribution in [0.2, 0.25) is 0 Å². The second kappa shape index (κ2) is 41.0. The molecule has 2 fully saturated rings. The summed E-state index contributed by atoms with van der Waals surface area (Å²) < 4.78 is 0. The van der Waals surface area contributed by atoms with Crippen molar-refractivity contribution in [2.45, 2.75) is 183 Å². The summed E-state index contributed by atoms with van der Waals surface area (Å²) in [4.78, 5) is 185. The van der Waals surface area contributed by atoms with E-state index in [9.17, 15) is 62.3 Å². The zero-order valence-corrected chi connectivity index (χ0v) is 55.3. The number of carbonyl (C=O) groups is 13. The highest BCUT2D eigenvalue weighted by atomic mass is 32.2. The summed E-state index contributed by atoms with van der Waals surface area (Å²) in [5.41, 5.74) is 40.6. The average Bonchev–Trinajstić information content (AvgIpc) is 1.74. The Morgan fingerprint density at radius 3 is 1.51 bits per heavy atom. The summed E-state index contributed by atoms with van der Waals surface area (Å²) in [5, 5.41) is 21.1. The van der Waals surface area contributed by atoms with E-state index in [0.717, 1.165) is 0 Å². The lowest BCUT2D eigenvalue weighted by Gasteiger charge is -2.32. The highest BCUT2D eigenvalue weighted by Crippen LogP contribution is 2.24. The van der Waals surface area contributed by atoms with Crippen molar-refractivity contribution in [2.24, 2.45) is 51.0 Å². The van der Waals surface area contributed by atoms with Crippen LogP contribution in [-0.4, -0.2) is 198 Å². The summed E-state index contributed by atoms with van der Waals surface area (Å²) in [6.45, 7) is 3.86. The van der Waals surface area contributed by atoms with Gasteiger partial charge in [-0.2, -0.15) is 11.8 Å². The molecule has 2 aliphatic rings. The van der Waals surface area contributed by atoms with Crippen LogP contribution in [0.5, 0.6) is 0 Å². The molecule has 2 heterocycles. The number of nitrogens with two attached hydrogens (primary N) is 7. The molecule has 0 saturated carbocycles. The fraction of sp³-hybridized carbons (Fsp3) is 0.587. The van der Waals surface area contributed by atoms with Crippen molar-refractivity contribution in [3.05, 3.63) is 71.8 Å². The number of amides is 13. The van der Waals surface area contributed by atoms with Crippen LogP contribution < -0.4 is 82.7 Å². The van der Waals surface area contributed by atoms with Crippen molar-refractivity contribution < 1.29 is 62.3 Å². The van der Waals surface area contributed by atoms with E-state index in [-0.39, 0.29) is 83.0 Å². The normalized spacial score (nSPS) is 16.8. The fourth-order valence-electron chi connectivity index (χ4n) is 11.0. The quantitative estimate of drug-likeness (QED) is 0.0173. The van der Waals surface area contributed by atoms with Gasteiger partial charge in [0, 0.05) is 45.3 Å². The first kappa shape index (κ1) is 78.5. The van der Waals surface area contributed by atoms with Gasteiger partial charge in [-0.25, -0.2) is 0 Å². The Balaban J connectivity index is 1.56. The Hall–Kier alpha value is -8.91. The number of thioether (sulfide) groups is 1. The highest BCUT2D eigenvalue weighted by molar-refractivity contribution is 7.98. The van der Waals surface area contributed by atoms with E-state index in [1.807, 2.05) is 20.1 Å². The fourth-order valence-corrected chi connectivity index (χ4v) is 11.5. The number of hydrogen-bond donors (Lipinski definition) is 15. The van der Waals surface area contributed by atoms with Crippen LogP contribution in [-0.2, 0) is 75.2 Å². The van der Waals surface area contributed by atoms with Crippen LogP contribution in [0.1, 0.15) is 121 Å². The summed E-state index contributed by atoms with van der Waals surface area (Å²) in [6, 6.07) is 4.51. The lowest BCUT2D eigenvalue weighted by molar-refractivity contribution is -0.144. The number of nitrogens with one attached hydrogen (secondary N) is 8. The molecule has 0 unspecified atom stereocenters. The number of guanidine groups is 1. The van der Waals surface area contributed by atoms with Crippen molar-refractivity contribution >= 4 is 94.5 Å². The van der Waals surface area contributed by atoms with E-state index in [2.05, 4.69) is 47.5 Å². The van der Waals surface area contributed by atoms with E-state index < -0.39 is 169 Å². The summed E-state index contributed by atoms with van der Waals surface area (Å²) >= 11 is 1.45. The molecule has 32 heteroatoms. The molecule has 22 N–H and O–H groups in total. The molecular weight excluding hydrogens is 1250 g/mol. The molecule has 2 aliphatic heterocycles. The second-order valence-electron chi connectivity index (χ2n) is 24.1. The molecule has 95 heavy (non-hydrogen) atoms. The van der Waals surface area contributed by atoms with E-state index in [1.54, 1.807) is 60.7 Å². The first-order valence-corrected chi connectivity index (χ1v) is 33.6. The Labute approximate surface area is 558 Å². The number of hydrogen-bond acceptors (Lipinski definition) is 17. The number of nitrogens with zero attached hydrogens (tertiary/aromatic N) is 3. The number of unbranched alkanes of at least 4 members (excludes halogenated alkanes) is 1. The number of carbonyl (C=O) groups excluding carboxylic acids is 13. The second-order valence-corrected chi connectivity index (χ2v) is 25.1. The SMILES string of the molecule is CSCC[C@H](NC(=O)[C@H](CC(C)C)NC(=O)CNC(=O)[C@@H](Cc1ccccc1)NC(=O)[C@@H](Cc1ccccc1)NC(=O)[C@@H](CCC(N)=O)NC(=O)[C@@H](CCC(N)=O)NC(=O)[C@H]1CCCN1C(=O)[C@H](CCCCN)NC(=O)[C@H]1CCCN1C(=O)[C@@H](N)CCCN=C(N)N)C(N)=O. The Morgan fingerprint density at radius 1 is 0.537 bits per heavy atom. The third-order valence-corrected chi connectivity index (χ3v) is 16.7. The molecule has 2 aromatic rings. The summed E-state index contributed by atoms with van der Waals surface area (Å²) in [7, 11) is 0. The van der Waals surface area contributed by atoms with E-state index in [4.69, 9.17) is 40.1 Å². The molecule has 0 aliphatic carbocycles. The van der Waals surface area contributed by atoms with Crippen molar-refractivity contribution in [3.8, 4) is 0 Å². The van der Waals surface area contributed by atoms with Gasteiger partial charge in [-0.15, -0.1) is 0 Å². The first-order chi connectivity index (χ1) is 45.2. The van der Waals surface area contributed by atoms with Gasteiger partial charge in [-0.3, -0.25) is 67.3 Å². The molecule has 2 aromatic carbocycles. The monoisotopic (exact) mass is 1350 g/mol. The minimum absolute atomic E-state index is 0.0736. The average molecular weight is 1350 g/mol. The molecule has 0 bridgehead atoms. The number of benzene rings is 2. The lowest BCUT2D eigenvalue weighted by Crippen LogP contribution is -2.60. The molecule has 524 valence electrons. The van der Waals surface area contributed by atoms with Gasteiger partial charge >= 0.3 is 0 Å².